The molecule has 1 aromatic heterocycles. The van der Waals surface area contributed by atoms with E-state index in [-0.39, 0.29) is 6.54 Å². The zero-order valence-corrected chi connectivity index (χ0v) is 11.7. The largest absolute Gasteiger partial charge is 0.366 e. The molecule has 1 aromatic rings. The molecule has 0 aliphatic carbocycles. The van der Waals surface area contributed by atoms with Crippen LogP contribution in [0.2, 0.25) is 0 Å². The van der Waals surface area contributed by atoms with Crippen molar-refractivity contribution in [2.75, 3.05) is 18.8 Å². The molecule has 6 nitrogen and oxygen atoms in total. The van der Waals surface area contributed by atoms with Crippen LogP contribution in [0, 0.1) is 22.5 Å². The summed E-state index contributed by atoms with van der Waals surface area (Å²) in [6.45, 7) is 0.850. The van der Waals surface area contributed by atoms with E-state index in [1.165, 1.54) is 0 Å². The minimum atomic E-state index is -0.521. The number of nitro groups is 1. The lowest BCUT2D eigenvalue weighted by atomic mass is 10.4. The highest BCUT2D eigenvalue weighted by atomic mass is 32.2. The number of hydrogen-bond acceptors (Lipinski definition) is 6. The number of pyridine rings is 1. The van der Waals surface area contributed by atoms with Crippen LogP contribution in [0.25, 0.3) is 0 Å². The minimum absolute atomic E-state index is 0.244. The van der Waals surface area contributed by atoms with E-state index in [1.54, 1.807) is 18.0 Å². The number of nitrogens with zero attached hydrogens (tertiary/aromatic N) is 2. The van der Waals surface area contributed by atoms with E-state index in [0.29, 0.717) is 12.4 Å². The molecule has 0 spiro atoms. The number of rotatable bonds is 9. The molecule has 0 aliphatic rings. The Balaban J connectivity index is 2.24. The number of thioether (sulfide) groups is 1. The van der Waals surface area contributed by atoms with Gasteiger partial charge in [0.05, 0.1) is 17.2 Å². The van der Waals surface area contributed by atoms with Crippen LogP contribution in [0.4, 0.5) is 0 Å². The van der Waals surface area contributed by atoms with Crippen molar-refractivity contribution in [1.29, 1.82) is 0 Å². The van der Waals surface area contributed by atoms with Crippen molar-refractivity contribution < 1.29 is 4.92 Å². The average Bonchev–Trinajstić information content (AvgIpc) is 2.44. The minimum Gasteiger partial charge on any atom is -0.366 e. The molecule has 1 rings (SSSR count). The maximum atomic E-state index is 10.4. The molecule has 1 heterocycles. The molecular formula is C13H16N4O2S. The summed E-state index contributed by atoms with van der Waals surface area (Å²) in [5.41, 5.74) is 1.02. The van der Waals surface area contributed by atoms with Gasteiger partial charge in [0.15, 0.2) is 5.82 Å². The van der Waals surface area contributed by atoms with Gasteiger partial charge in [-0.3, -0.25) is 15.1 Å². The maximum absolute atomic E-state index is 10.4. The highest BCUT2D eigenvalue weighted by molar-refractivity contribution is 7.98. The maximum Gasteiger partial charge on any atom is 0.274 e. The van der Waals surface area contributed by atoms with Crippen LogP contribution in [0.3, 0.4) is 0 Å². The van der Waals surface area contributed by atoms with Crippen LogP contribution < -0.4 is 10.6 Å². The summed E-state index contributed by atoms with van der Waals surface area (Å²) in [6, 6.07) is 5.79. The Labute approximate surface area is 122 Å². The fourth-order valence-electron chi connectivity index (χ4n) is 1.32. The lowest BCUT2D eigenvalue weighted by Gasteiger charge is -2.09. The molecule has 0 atom stereocenters. The van der Waals surface area contributed by atoms with Gasteiger partial charge in [0.2, 0.25) is 0 Å². The van der Waals surface area contributed by atoms with Crippen molar-refractivity contribution in [3.05, 3.63) is 52.2 Å². The lowest BCUT2D eigenvalue weighted by Crippen LogP contribution is -2.29. The highest BCUT2D eigenvalue weighted by Gasteiger charge is 2.01. The summed E-state index contributed by atoms with van der Waals surface area (Å²) < 4.78 is 0. The third-order valence-corrected chi connectivity index (χ3v) is 3.15. The summed E-state index contributed by atoms with van der Waals surface area (Å²) in [5.74, 6) is 4.31. The molecule has 2 N–H and O–H groups in total. The van der Waals surface area contributed by atoms with Crippen LogP contribution in [-0.2, 0) is 5.75 Å². The molecule has 0 aromatic carbocycles. The quantitative estimate of drug-likeness (QED) is 0.308. The molecule has 7 heteroatoms. The van der Waals surface area contributed by atoms with Crippen molar-refractivity contribution in [1.82, 2.24) is 15.6 Å². The van der Waals surface area contributed by atoms with Crippen molar-refractivity contribution >= 4 is 11.8 Å². The van der Waals surface area contributed by atoms with Crippen molar-refractivity contribution in [3.63, 3.8) is 0 Å². The summed E-state index contributed by atoms with van der Waals surface area (Å²) in [5, 5.41) is 16.1. The Kier molecular flexibility index (Phi) is 7.69. The smallest absolute Gasteiger partial charge is 0.274 e. The number of nitrogens with one attached hydrogen (secondary N) is 2. The Morgan fingerprint density at radius 2 is 2.40 bits per heavy atom. The summed E-state index contributed by atoms with van der Waals surface area (Å²) in [4.78, 5) is 14.1. The third kappa shape index (κ3) is 7.28. The van der Waals surface area contributed by atoms with Crippen molar-refractivity contribution in [2.24, 2.45) is 0 Å². The van der Waals surface area contributed by atoms with Gasteiger partial charge in [-0.25, -0.2) is 0 Å². The fourth-order valence-corrected chi connectivity index (χ4v) is 2.09. The normalized spacial score (nSPS) is 10.7. The van der Waals surface area contributed by atoms with E-state index < -0.39 is 4.92 Å². The molecule has 0 radical (unpaired) electrons. The summed E-state index contributed by atoms with van der Waals surface area (Å²) in [6.07, 6.45) is 7.74. The van der Waals surface area contributed by atoms with Crippen LogP contribution in [-0.4, -0.2) is 28.7 Å². The van der Waals surface area contributed by atoms with E-state index in [0.717, 1.165) is 23.4 Å². The zero-order valence-electron chi connectivity index (χ0n) is 10.9. The predicted molar refractivity (Wildman–Crippen MR) is 80.3 cm³/mol. The SMILES string of the molecule is C#CCN/C(=C/[N+](=O)[O-])NCCSCc1ccccn1. The van der Waals surface area contributed by atoms with E-state index in [1.807, 2.05) is 18.2 Å². The Morgan fingerprint density at radius 1 is 1.55 bits per heavy atom. The van der Waals surface area contributed by atoms with E-state index in [2.05, 4.69) is 21.5 Å². The van der Waals surface area contributed by atoms with Crippen LogP contribution in [0.1, 0.15) is 5.69 Å². The molecule has 106 valence electrons. The first-order valence-corrected chi connectivity index (χ1v) is 7.12. The second-order valence-corrected chi connectivity index (χ2v) is 4.79. The van der Waals surface area contributed by atoms with Gasteiger partial charge in [0.1, 0.15) is 0 Å². The molecule has 0 saturated heterocycles. The molecule has 0 fully saturated rings. The first-order valence-electron chi connectivity index (χ1n) is 5.96. The number of hydrogen-bond donors (Lipinski definition) is 2. The topological polar surface area (TPSA) is 80.1 Å². The summed E-state index contributed by atoms with van der Waals surface area (Å²) >= 11 is 1.70. The molecule has 0 bridgehead atoms. The third-order valence-electron chi connectivity index (χ3n) is 2.15. The van der Waals surface area contributed by atoms with Crippen LogP contribution in [0.5, 0.6) is 0 Å². The average molecular weight is 292 g/mol. The lowest BCUT2D eigenvalue weighted by molar-refractivity contribution is -0.404. The summed E-state index contributed by atoms with van der Waals surface area (Å²) in [7, 11) is 0. The van der Waals surface area contributed by atoms with Crippen molar-refractivity contribution in [3.8, 4) is 12.3 Å². The molecule has 0 amide bonds. The van der Waals surface area contributed by atoms with Crippen LogP contribution in [0.15, 0.2) is 36.4 Å². The Hall–Kier alpha value is -2.20. The fraction of sp³-hybridized carbons (Fsp3) is 0.308. The molecule has 0 unspecified atom stereocenters. The molecular weight excluding hydrogens is 276 g/mol. The van der Waals surface area contributed by atoms with E-state index >= 15 is 0 Å². The monoisotopic (exact) mass is 292 g/mol. The first kappa shape index (κ1) is 15.9. The second-order valence-electron chi connectivity index (χ2n) is 3.69. The van der Waals surface area contributed by atoms with Gasteiger partial charge in [0, 0.05) is 24.2 Å². The molecule has 20 heavy (non-hydrogen) atoms. The second kappa shape index (κ2) is 9.69. The Bertz CT molecular complexity index is 485. The van der Waals surface area contributed by atoms with E-state index in [9.17, 15) is 10.1 Å². The first-order chi connectivity index (χ1) is 9.72. The van der Waals surface area contributed by atoms with E-state index in [4.69, 9.17) is 6.42 Å². The standard InChI is InChI=1S/C13H16N4O2S/c1-2-6-15-13(10-17(18)19)16-8-9-20-11-12-5-3-4-7-14-12/h1,3-5,7,10,15-16H,6,8-9,11H2/b13-10-. The van der Waals surface area contributed by atoms with Crippen LogP contribution >= 0.6 is 11.8 Å². The van der Waals surface area contributed by atoms with Gasteiger partial charge in [-0.15, -0.1) is 6.42 Å². The van der Waals surface area contributed by atoms with Gasteiger partial charge in [-0.1, -0.05) is 12.0 Å². The number of aromatic nitrogens is 1. The molecule has 0 saturated carbocycles. The van der Waals surface area contributed by atoms with Crippen molar-refractivity contribution in [2.45, 2.75) is 5.75 Å². The highest BCUT2D eigenvalue weighted by Crippen LogP contribution is 2.08. The number of terminal acetylenes is 1. The van der Waals surface area contributed by atoms with Gasteiger partial charge < -0.3 is 10.6 Å². The van der Waals surface area contributed by atoms with Gasteiger partial charge >= 0.3 is 0 Å². The molecule has 0 aliphatic heterocycles. The Morgan fingerprint density at radius 3 is 3.05 bits per heavy atom. The van der Waals surface area contributed by atoms with Gasteiger partial charge in [0.25, 0.3) is 6.20 Å². The van der Waals surface area contributed by atoms with Gasteiger partial charge in [-0.05, 0) is 12.1 Å². The predicted octanol–water partition coefficient (Wildman–Crippen LogP) is 1.20. The van der Waals surface area contributed by atoms with Gasteiger partial charge in [-0.2, -0.15) is 11.8 Å². The zero-order chi connectivity index (χ0) is 14.6.